The lowest BCUT2D eigenvalue weighted by atomic mass is 9.97. The van der Waals surface area contributed by atoms with Gasteiger partial charge in [0, 0.05) is 0 Å². The molecule has 0 amide bonds. The molecule has 0 N–H and O–H groups in total. The van der Waals surface area contributed by atoms with Crippen LogP contribution in [0.25, 0.3) is 0 Å². The van der Waals surface area contributed by atoms with Gasteiger partial charge in [-0.05, 0) is 48.9 Å². The molecule has 2 saturated carbocycles. The molecule has 0 aliphatic heterocycles. The molecule has 0 saturated heterocycles. The van der Waals surface area contributed by atoms with Crippen LogP contribution in [0, 0.1) is 29.6 Å². The number of hydrogen-bond donors (Lipinski definition) is 0. The zero-order chi connectivity index (χ0) is 9.42. The highest BCUT2D eigenvalue weighted by molar-refractivity contribution is 4.89. The van der Waals surface area contributed by atoms with Crippen LogP contribution in [0.1, 0.15) is 52.9 Å². The van der Waals surface area contributed by atoms with Crippen LogP contribution in [0.4, 0.5) is 0 Å². The fourth-order valence-electron chi connectivity index (χ4n) is 3.00. The van der Waals surface area contributed by atoms with E-state index in [2.05, 4.69) is 20.8 Å². The SMILES string of the molecule is CCC1CC1CCC(C)C1CC1C. The summed E-state index contributed by atoms with van der Waals surface area (Å²) in [4.78, 5) is 0. The molecule has 0 radical (unpaired) electrons. The highest BCUT2D eigenvalue weighted by Gasteiger charge is 2.39. The Kier molecular flexibility index (Phi) is 2.67. The minimum Gasteiger partial charge on any atom is -0.0651 e. The van der Waals surface area contributed by atoms with Crippen molar-refractivity contribution >= 4 is 0 Å². The number of hydrogen-bond acceptors (Lipinski definition) is 0. The Labute approximate surface area is 83.1 Å². The van der Waals surface area contributed by atoms with Crippen LogP contribution >= 0.6 is 0 Å². The van der Waals surface area contributed by atoms with Gasteiger partial charge >= 0.3 is 0 Å². The van der Waals surface area contributed by atoms with Crippen LogP contribution in [0.5, 0.6) is 0 Å². The largest absolute Gasteiger partial charge is 0.0651 e. The molecule has 2 fully saturated rings. The molecule has 0 heterocycles. The maximum absolute atomic E-state index is 2.47. The minimum atomic E-state index is 1.02. The Bertz CT molecular complexity index is 173. The fourth-order valence-corrected chi connectivity index (χ4v) is 3.00. The topological polar surface area (TPSA) is 0 Å². The van der Waals surface area contributed by atoms with Gasteiger partial charge in [0.05, 0.1) is 0 Å². The van der Waals surface area contributed by atoms with E-state index in [1.54, 1.807) is 6.42 Å². The monoisotopic (exact) mass is 180 g/mol. The third-order valence-electron chi connectivity index (χ3n) is 4.49. The van der Waals surface area contributed by atoms with E-state index in [9.17, 15) is 0 Å². The summed E-state index contributed by atoms with van der Waals surface area (Å²) >= 11 is 0. The van der Waals surface area contributed by atoms with Crippen LogP contribution in [0.2, 0.25) is 0 Å². The molecule has 0 aromatic carbocycles. The molecule has 5 atom stereocenters. The molecule has 2 rings (SSSR count). The predicted octanol–water partition coefficient (Wildman–Crippen LogP) is 4.10. The van der Waals surface area contributed by atoms with Crippen LogP contribution in [0.3, 0.4) is 0 Å². The average molecular weight is 180 g/mol. The summed E-state index contributed by atoms with van der Waals surface area (Å²) in [5, 5.41) is 0. The van der Waals surface area contributed by atoms with Crippen molar-refractivity contribution in [2.45, 2.75) is 52.9 Å². The molecule has 0 spiro atoms. The summed E-state index contributed by atoms with van der Waals surface area (Å²) in [5.74, 6) is 5.41. The Balaban J connectivity index is 1.58. The lowest BCUT2D eigenvalue weighted by molar-refractivity contribution is 0.415. The van der Waals surface area contributed by atoms with Crippen LogP contribution < -0.4 is 0 Å². The zero-order valence-electron chi connectivity index (χ0n) is 9.42. The molecule has 2 aliphatic carbocycles. The maximum Gasteiger partial charge on any atom is -0.0360 e. The van der Waals surface area contributed by atoms with Gasteiger partial charge in [-0.2, -0.15) is 0 Å². The van der Waals surface area contributed by atoms with Gasteiger partial charge in [0.25, 0.3) is 0 Å². The van der Waals surface area contributed by atoms with Gasteiger partial charge in [-0.3, -0.25) is 0 Å². The van der Waals surface area contributed by atoms with E-state index in [1.807, 2.05) is 0 Å². The Hall–Kier alpha value is 0. The van der Waals surface area contributed by atoms with Gasteiger partial charge in [-0.15, -0.1) is 0 Å². The first-order chi connectivity index (χ1) is 6.22. The first kappa shape index (κ1) is 9.55. The zero-order valence-corrected chi connectivity index (χ0v) is 9.42. The quantitative estimate of drug-likeness (QED) is 0.597. The van der Waals surface area contributed by atoms with E-state index >= 15 is 0 Å². The van der Waals surface area contributed by atoms with Crippen molar-refractivity contribution < 1.29 is 0 Å². The third-order valence-corrected chi connectivity index (χ3v) is 4.49. The molecule has 2 aliphatic rings. The maximum atomic E-state index is 2.47. The van der Waals surface area contributed by atoms with Gasteiger partial charge in [-0.25, -0.2) is 0 Å². The highest BCUT2D eigenvalue weighted by Crippen LogP contribution is 2.49. The lowest BCUT2D eigenvalue weighted by Gasteiger charge is -2.09. The summed E-state index contributed by atoms with van der Waals surface area (Å²) in [6.07, 6.45) is 7.53. The van der Waals surface area contributed by atoms with Crippen molar-refractivity contribution in [2.24, 2.45) is 29.6 Å². The van der Waals surface area contributed by atoms with Crippen LogP contribution in [-0.4, -0.2) is 0 Å². The van der Waals surface area contributed by atoms with Crippen LogP contribution in [0.15, 0.2) is 0 Å². The summed E-state index contributed by atoms with van der Waals surface area (Å²) in [5.41, 5.74) is 0. The molecule has 13 heavy (non-hydrogen) atoms. The van der Waals surface area contributed by atoms with Crippen molar-refractivity contribution in [3.05, 3.63) is 0 Å². The van der Waals surface area contributed by atoms with E-state index < -0.39 is 0 Å². The van der Waals surface area contributed by atoms with Gasteiger partial charge < -0.3 is 0 Å². The third kappa shape index (κ3) is 2.27. The Morgan fingerprint density at radius 1 is 1.23 bits per heavy atom. The Morgan fingerprint density at radius 2 is 1.92 bits per heavy atom. The Morgan fingerprint density at radius 3 is 2.38 bits per heavy atom. The first-order valence-corrected chi connectivity index (χ1v) is 6.22. The van der Waals surface area contributed by atoms with Crippen molar-refractivity contribution in [1.82, 2.24) is 0 Å². The van der Waals surface area contributed by atoms with E-state index in [0.717, 1.165) is 29.6 Å². The van der Waals surface area contributed by atoms with Gasteiger partial charge in [0.2, 0.25) is 0 Å². The van der Waals surface area contributed by atoms with E-state index in [-0.39, 0.29) is 0 Å². The van der Waals surface area contributed by atoms with E-state index in [1.165, 1.54) is 25.7 Å². The molecule has 5 unspecified atom stereocenters. The summed E-state index contributed by atoms with van der Waals surface area (Å²) < 4.78 is 0. The second-order valence-corrected chi connectivity index (χ2v) is 5.60. The number of rotatable bonds is 5. The molecule has 0 nitrogen and oxygen atoms in total. The lowest BCUT2D eigenvalue weighted by Crippen LogP contribution is -1.99. The molecule has 0 heteroatoms. The highest BCUT2D eigenvalue weighted by atomic mass is 14.4. The summed E-state index contributed by atoms with van der Waals surface area (Å²) in [6, 6.07) is 0. The molecular formula is C13H24. The minimum absolute atomic E-state index is 1.02. The van der Waals surface area contributed by atoms with Crippen LogP contribution in [-0.2, 0) is 0 Å². The van der Waals surface area contributed by atoms with E-state index in [0.29, 0.717) is 0 Å². The molecule has 0 aromatic heterocycles. The molecule has 0 aromatic rings. The standard InChI is InChI=1S/C13H24/c1-4-11-8-12(11)6-5-9(2)13-7-10(13)3/h9-13H,4-8H2,1-3H3. The molecule has 76 valence electrons. The summed E-state index contributed by atoms with van der Waals surface area (Å²) in [6.45, 7) is 7.22. The average Bonchev–Trinajstić information content (AvgIpc) is 2.97. The first-order valence-electron chi connectivity index (χ1n) is 6.22. The van der Waals surface area contributed by atoms with Crippen molar-refractivity contribution in [3.8, 4) is 0 Å². The second kappa shape index (κ2) is 3.63. The normalized spacial score (nSPS) is 44.5. The van der Waals surface area contributed by atoms with Gasteiger partial charge in [-0.1, -0.05) is 33.6 Å². The second-order valence-electron chi connectivity index (χ2n) is 5.60. The smallest absolute Gasteiger partial charge is 0.0360 e. The van der Waals surface area contributed by atoms with Gasteiger partial charge in [0.1, 0.15) is 0 Å². The van der Waals surface area contributed by atoms with E-state index in [4.69, 9.17) is 0 Å². The fraction of sp³-hybridized carbons (Fsp3) is 1.00. The summed E-state index contributed by atoms with van der Waals surface area (Å²) in [7, 11) is 0. The van der Waals surface area contributed by atoms with Crippen molar-refractivity contribution in [1.29, 1.82) is 0 Å². The van der Waals surface area contributed by atoms with Crippen molar-refractivity contribution in [2.75, 3.05) is 0 Å². The molecular weight excluding hydrogens is 156 g/mol. The molecule has 0 bridgehead atoms. The van der Waals surface area contributed by atoms with Crippen molar-refractivity contribution in [3.63, 3.8) is 0 Å². The predicted molar refractivity (Wildman–Crippen MR) is 57.6 cm³/mol. The van der Waals surface area contributed by atoms with Gasteiger partial charge in [0.15, 0.2) is 0 Å².